The standard InChI is InChI=1S/C39H44FN3O6S/c1-28-14-21-34(22-15-28)50(46,47)43(35-25-33(48-2)20-23-37(35)49-3)27-38(44)42(26-30-16-18-31(40)19-17-30)36(24-29-10-6-4-7-11-29)39(45)41-32-12-8-5-9-13-32/h4,6-7,10-11,14-23,25,32,36H,5,8-9,12-13,24,26-27H2,1-3H3,(H,41,45). The van der Waals surface area contributed by atoms with E-state index in [1.807, 2.05) is 37.3 Å². The molecule has 2 amide bonds. The van der Waals surface area contributed by atoms with Crippen molar-refractivity contribution in [3.8, 4) is 11.5 Å². The fourth-order valence-electron chi connectivity index (χ4n) is 6.23. The second-order valence-electron chi connectivity index (χ2n) is 12.6. The molecule has 9 nitrogen and oxygen atoms in total. The van der Waals surface area contributed by atoms with Gasteiger partial charge in [-0.05, 0) is 67.3 Å². The summed E-state index contributed by atoms with van der Waals surface area (Å²) in [5, 5.41) is 3.19. The molecule has 0 saturated heterocycles. The van der Waals surface area contributed by atoms with Gasteiger partial charge in [0.1, 0.15) is 29.9 Å². The molecule has 0 spiro atoms. The maximum Gasteiger partial charge on any atom is 0.264 e. The fraction of sp³-hybridized carbons (Fsp3) is 0.333. The van der Waals surface area contributed by atoms with E-state index in [1.54, 1.807) is 36.4 Å². The number of carbonyl (C=O) groups excluding carboxylic acids is 2. The van der Waals surface area contributed by atoms with Crippen molar-refractivity contribution in [2.75, 3.05) is 25.1 Å². The number of nitrogens with one attached hydrogen (secondary N) is 1. The van der Waals surface area contributed by atoms with Gasteiger partial charge >= 0.3 is 0 Å². The average Bonchev–Trinajstić information content (AvgIpc) is 3.13. The molecular weight excluding hydrogens is 658 g/mol. The second kappa shape index (κ2) is 16.7. The summed E-state index contributed by atoms with van der Waals surface area (Å²) < 4.78 is 54.9. The van der Waals surface area contributed by atoms with E-state index in [-0.39, 0.29) is 41.2 Å². The molecule has 1 aliphatic carbocycles. The Morgan fingerprint density at radius 2 is 1.54 bits per heavy atom. The number of anilines is 1. The second-order valence-corrected chi connectivity index (χ2v) is 14.4. The third-order valence-electron chi connectivity index (χ3n) is 9.03. The molecular formula is C39H44FN3O6S. The Labute approximate surface area is 294 Å². The van der Waals surface area contributed by atoms with Crippen LogP contribution in [0, 0.1) is 12.7 Å². The van der Waals surface area contributed by atoms with E-state index in [4.69, 9.17) is 9.47 Å². The summed E-state index contributed by atoms with van der Waals surface area (Å²) in [6.07, 6.45) is 4.97. The van der Waals surface area contributed by atoms with Crippen molar-refractivity contribution in [2.45, 2.75) is 69.0 Å². The molecule has 4 aromatic rings. The van der Waals surface area contributed by atoms with Crippen molar-refractivity contribution in [2.24, 2.45) is 0 Å². The Morgan fingerprint density at radius 3 is 2.18 bits per heavy atom. The summed E-state index contributed by atoms with van der Waals surface area (Å²) in [6, 6.07) is 25.1. The first-order chi connectivity index (χ1) is 24.1. The molecule has 0 aromatic heterocycles. The number of aryl methyl sites for hydroxylation is 1. The molecule has 0 bridgehead atoms. The Bertz CT molecular complexity index is 1850. The van der Waals surface area contributed by atoms with Crippen LogP contribution in [0.15, 0.2) is 102 Å². The lowest BCUT2D eigenvalue weighted by Gasteiger charge is -2.35. The highest BCUT2D eigenvalue weighted by molar-refractivity contribution is 7.92. The average molecular weight is 702 g/mol. The highest BCUT2D eigenvalue weighted by Crippen LogP contribution is 2.36. The molecule has 264 valence electrons. The minimum Gasteiger partial charge on any atom is -0.497 e. The fourth-order valence-corrected chi connectivity index (χ4v) is 7.64. The number of nitrogens with zero attached hydrogens (tertiary/aromatic N) is 2. The number of halogens is 1. The van der Waals surface area contributed by atoms with Crippen molar-refractivity contribution in [3.63, 3.8) is 0 Å². The maximum absolute atomic E-state index is 14.8. The Morgan fingerprint density at radius 1 is 0.860 bits per heavy atom. The molecule has 1 aliphatic rings. The molecule has 0 heterocycles. The lowest BCUT2D eigenvalue weighted by Crippen LogP contribution is -2.55. The molecule has 1 unspecified atom stereocenters. The number of benzene rings is 4. The molecule has 1 fully saturated rings. The van der Waals surface area contributed by atoms with Crippen molar-refractivity contribution in [1.29, 1.82) is 0 Å². The van der Waals surface area contributed by atoms with Crippen molar-refractivity contribution >= 4 is 27.5 Å². The topological polar surface area (TPSA) is 105 Å². The quantitative estimate of drug-likeness (QED) is 0.162. The first kappa shape index (κ1) is 36.4. The van der Waals surface area contributed by atoms with Crippen LogP contribution in [-0.2, 0) is 32.6 Å². The maximum atomic E-state index is 14.8. The zero-order chi connectivity index (χ0) is 35.7. The van der Waals surface area contributed by atoms with Crippen LogP contribution in [0.2, 0.25) is 0 Å². The van der Waals surface area contributed by atoms with E-state index in [1.165, 1.54) is 49.5 Å². The summed E-state index contributed by atoms with van der Waals surface area (Å²) in [5.41, 5.74) is 2.36. The molecule has 0 radical (unpaired) electrons. The summed E-state index contributed by atoms with van der Waals surface area (Å²) in [7, 11) is -1.49. The molecule has 4 aromatic carbocycles. The molecule has 1 atom stereocenters. The smallest absolute Gasteiger partial charge is 0.264 e. The van der Waals surface area contributed by atoms with E-state index >= 15 is 0 Å². The molecule has 1 N–H and O–H groups in total. The van der Waals surface area contributed by atoms with E-state index in [2.05, 4.69) is 5.32 Å². The van der Waals surface area contributed by atoms with Gasteiger partial charge in [0, 0.05) is 25.1 Å². The SMILES string of the molecule is COc1ccc(OC)c(N(CC(=O)N(Cc2ccc(F)cc2)C(Cc2ccccc2)C(=O)NC2CCCCC2)S(=O)(=O)c2ccc(C)cc2)c1. The van der Waals surface area contributed by atoms with Gasteiger partial charge in [-0.2, -0.15) is 0 Å². The Hall–Kier alpha value is -4.90. The van der Waals surface area contributed by atoms with Gasteiger partial charge in [-0.1, -0.05) is 79.4 Å². The predicted octanol–water partition coefficient (Wildman–Crippen LogP) is 6.44. The lowest BCUT2D eigenvalue weighted by molar-refractivity contribution is -0.140. The van der Waals surface area contributed by atoms with Gasteiger partial charge < -0.3 is 19.7 Å². The van der Waals surface area contributed by atoms with Gasteiger partial charge in [-0.15, -0.1) is 0 Å². The third-order valence-corrected chi connectivity index (χ3v) is 10.8. The minimum absolute atomic E-state index is 0.0262. The van der Waals surface area contributed by atoms with Gasteiger partial charge in [-0.25, -0.2) is 12.8 Å². The number of rotatable bonds is 14. The van der Waals surface area contributed by atoms with Gasteiger partial charge in [0.15, 0.2) is 0 Å². The number of carbonyl (C=O) groups is 2. The van der Waals surface area contributed by atoms with Gasteiger partial charge in [0.2, 0.25) is 11.8 Å². The molecule has 11 heteroatoms. The van der Waals surface area contributed by atoms with Crippen molar-refractivity contribution in [3.05, 3.63) is 120 Å². The number of methoxy groups -OCH3 is 2. The molecule has 50 heavy (non-hydrogen) atoms. The monoisotopic (exact) mass is 701 g/mol. The number of hydrogen-bond donors (Lipinski definition) is 1. The molecule has 1 saturated carbocycles. The van der Waals surface area contributed by atoms with Gasteiger partial charge in [0.25, 0.3) is 10.0 Å². The highest BCUT2D eigenvalue weighted by atomic mass is 32.2. The first-order valence-electron chi connectivity index (χ1n) is 16.8. The number of sulfonamides is 1. The van der Waals surface area contributed by atoms with Crippen LogP contribution in [0.5, 0.6) is 11.5 Å². The van der Waals surface area contributed by atoms with Crippen LogP contribution in [0.4, 0.5) is 10.1 Å². The zero-order valence-electron chi connectivity index (χ0n) is 28.7. The zero-order valence-corrected chi connectivity index (χ0v) is 29.5. The number of hydrogen-bond acceptors (Lipinski definition) is 6. The van der Waals surface area contributed by atoms with E-state index in [9.17, 15) is 22.4 Å². The largest absolute Gasteiger partial charge is 0.497 e. The van der Waals surface area contributed by atoms with Gasteiger partial charge in [-0.3, -0.25) is 13.9 Å². The van der Waals surface area contributed by atoms with E-state index in [0.29, 0.717) is 11.3 Å². The van der Waals surface area contributed by atoms with Crippen molar-refractivity contribution < 1.29 is 31.9 Å². The van der Waals surface area contributed by atoms with Crippen molar-refractivity contribution in [1.82, 2.24) is 10.2 Å². The van der Waals surface area contributed by atoms with E-state index < -0.39 is 34.3 Å². The van der Waals surface area contributed by atoms with Gasteiger partial charge in [0.05, 0.1) is 24.8 Å². The first-order valence-corrected chi connectivity index (χ1v) is 18.2. The third kappa shape index (κ3) is 9.01. The Balaban J connectivity index is 1.61. The molecule has 0 aliphatic heterocycles. The highest BCUT2D eigenvalue weighted by Gasteiger charge is 2.36. The van der Waals surface area contributed by atoms with Crippen LogP contribution in [-0.4, -0.2) is 58.0 Å². The number of ether oxygens (including phenoxy) is 2. The Kier molecular flexibility index (Phi) is 12.1. The summed E-state index contributed by atoms with van der Waals surface area (Å²) >= 11 is 0. The minimum atomic E-state index is -4.36. The summed E-state index contributed by atoms with van der Waals surface area (Å²) in [6.45, 7) is 1.12. The van der Waals surface area contributed by atoms with Crippen LogP contribution >= 0.6 is 0 Å². The number of amides is 2. The van der Waals surface area contributed by atoms with Crippen LogP contribution < -0.4 is 19.1 Å². The van der Waals surface area contributed by atoms with Crippen LogP contribution in [0.3, 0.4) is 0 Å². The van der Waals surface area contributed by atoms with E-state index in [0.717, 1.165) is 47.5 Å². The summed E-state index contributed by atoms with van der Waals surface area (Å²) in [4.78, 5) is 30.4. The van der Waals surface area contributed by atoms with Crippen LogP contribution in [0.1, 0.15) is 48.8 Å². The molecule has 5 rings (SSSR count). The van der Waals surface area contributed by atoms with Crippen LogP contribution in [0.25, 0.3) is 0 Å². The predicted molar refractivity (Wildman–Crippen MR) is 191 cm³/mol. The normalized spacial score (nSPS) is 14.0. The lowest BCUT2D eigenvalue weighted by atomic mass is 9.94. The summed E-state index contributed by atoms with van der Waals surface area (Å²) in [5.74, 6) is -0.842.